The molecule has 2 heterocycles. The second-order valence-electron chi connectivity index (χ2n) is 6.28. The molecule has 0 amide bonds. The van der Waals surface area contributed by atoms with Crippen molar-refractivity contribution in [3.05, 3.63) is 47.7 Å². The minimum Gasteiger partial charge on any atom is -0.508 e. The SMILES string of the molecule is COc1cc(OC)c2nc(C)c3c(c2c1)N(c1cccc(O)c1)CC3.O=CO. The van der Waals surface area contributed by atoms with Crippen molar-refractivity contribution in [2.45, 2.75) is 13.3 Å². The number of methoxy groups -OCH3 is 2. The maximum Gasteiger partial charge on any atom is 0.290 e. The highest BCUT2D eigenvalue weighted by Gasteiger charge is 2.27. The van der Waals surface area contributed by atoms with Crippen molar-refractivity contribution < 1.29 is 24.5 Å². The van der Waals surface area contributed by atoms with Gasteiger partial charge in [-0.05, 0) is 37.1 Å². The number of nitrogens with zero attached hydrogens (tertiary/aromatic N) is 2. The number of aromatic hydroxyl groups is 1. The van der Waals surface area contributed by atoms with Crippen LogP contribution < -0.4 is 14.4 Å². The fourth-order valence-electron chi connectivity index (χ4n) is 3.58. The van der Waals surface area contributed by atoms with Crippen LogP contribution in [0.25, 0.3) is 10.9 Å². The van der Waals surface area contributed by atoms with Gasteiger partial charge in [0.2, 0.25) is 0 Å². The molecule has 3 aromatic rings. The van der Waals surface area contributed by atoms with Gasteiger partial charge in [-0.3, -0.25) is 4.79 Å². The van der Waals surface area contributed by atoms with Gasteiger partial charge in [-0.15, -0.1) is 0 Å². The molecular weight excluding hydrogens is 360 g/mol. The lowest BCUT2D eigenvalue weighted by atomic mass is 10.1. The average molecular weight is 382 g/mol. The number of anilines is 2. The molecule has 0 atom stereocenters. The van der Waals surface area contributed by atoms with Gasteiger partial charge >= 0.3 is 0 Å². The lowest BCUT2D eigenvalue weighted by Crippen LogP contribution is -2.13. The van der Waals surface area contributed by atoms with Crippen molar-refractivity contribution in [1.82, 2.24) is 4.98 Å². The molecule has 146 valence electrons. The van der Waals surface area contributed by atoms with Crippen molar-refractivity contribution in [3.63, 3.8) is 0 Å². The number of benzene rings is 2. The van der Waals surface area contributed by atoms with E-state index in [4.69, 9.17) is 24.4 Å². The third-order valence-corrected chi connectivity index (χ3v) is 4.76. The van der Waals surface area contributed by atoms with E-state index in [1.165, 1.54) is 5.56 Å². The molecule has 28 heavy (non-hydrogen) atoms. The molecule has 4 rings (SSSR count). The fraction of sp³-hybridized carbons (Fsp3) is 0.238. The Morgan fingerprint density at radius 2 is 1.93 bits per heavy atom. The Bertz CT molecular complexity index is 1020. The number of carboxylic acid groups (broad SMARTS) is 1. The summed E-state index contributed by atoms with van der Waals surface area (Å²) in [4.78, 5) is 15.4. The van der Waals surface area contributed by atoms with Crippen molar-refractivity contribution >= 4 is 28.7 Å². The molecule has 0 spiro atoms. The van der Waals surface area contributed by atoms with Gasteiger partial charge in [0, 0.05) is 35.4 Å². The van der Waals surface area contributed by atoms with Crippen molar-refractivity contribution in [2.24, 2.45) is 0 Å². The number of hydrogen-bond acceptors (Lipinski definition) is 6. The lowest BCUT2D eigenvalue weighted by molar-refractivity contribution is -0.122. The smallest absolute Gasteiger partial charge is 0.290 e. The molecule has 2 aromatic carbocycles. The molecular formula is C21H22N2O5. The van der Waals surface area contributed by atoms with Crippen LogP contribution in [-0.4, -0.2) is 42.4 Å². The third-order valence-electron chi connectivity index (χ3n) is 4.76. The van der Waals surface area contributed by atoms with Crippen molar-refractivity contribution in [2.75, 3.05) is 25.7 Å². The van der Waals surface area contributed by atoms with E-state index in [1.807, 2.05) is 31.2 Å². The standard InChI is InChI=1S/C20H20N2O3.CH2O2/c1-12-16-7-8-22(13-5-4-6-14(23)9-13)20(16)17-10-15(24-2)11-18(25-3)19(17)21-12;2-1-3/h4-6,9-11,23H,7-8H2,1-3H3;1H,(H,2,3). The minimum atomic E-state index is -0.250. The van der Waals surface area contributed by atoms with Crippen molar-refractivity contribution in [3.8, 4) is 17.2 Å². The van der Waals surface area contributed by atoms with Gasteiger partial charge in [0.05, 0.1) is 19.9 Å². The first-order chi connectivity index (χ1) is 13.5. The van der Waals surface area contributed by atoms with Crippen LogP contribution in [0.1, 0.15) is 11.3 Å². The van der Waals surface area contributed by atoms with E-state index in [2.05, 4.69) is 4.90 Å². The maximum atomic E-state index is 9.87. The second kappa shape index (κ2) is 8.04. The lowest BCUT2D eigenvalue weighted by Gasteiger charge is -2.22. The van der Waals surface area contributed by atoms with Crippen LogP contribution in [0.5, 0.6) is 17.2 Å². The first-order valence-corrected chi connectivity index (χ1v) is 8.73. The predicted molar refractivity (Wildman–Crippen MR) is 107 cm³/mol. The van der Waals surface area contributed by atoms with E-state index in [0.717, 1.165) is 46.7 Å². The molecule has 0 bridgehead atoms. The molecule has 0 unspecified atom stereocenters. The maximum absolute atomic E-state index is 9.87. The topological polar surface area (TPSA) is 92.1 Å². The number of pyridine rings is 1. The molecule has 0 fully saturated rings. The highest BCUT2D eigenvalue weighted by molar-refractivity contribution is 6.01. The quantitative estimate of drug-likeness (QED) is 0.668. The summed E-state index contributed by atoms with van der Waals surface area (Å²) in [6, 6.07) is 11.2. The molecule has 2 N–H and O–H groups in total. The first-order valence-electron chi connectivity index (χ1n) is 8.73. The van der Waals surface area contributed by atoms with Crippen LogP contribution in [0.2, 0.25) is 0 Å². The van der Waals surface area contributed by atoms with Gasteiger partial charge in [0.1, 0.15) is 22.8 Å². The summed E-state index contributed by atoms with van der Waals surface area (Å²) in [5.74, 6) is 1.69. The predicted octanol–water partition coefficient (Wildman–Crippen LogP) is 3.66. The van der Waals surface area contributed by atoms with Gasteiger partial charge in [-0.2, -0.15) is 0 Å². The van der Waals surface area contributed by atoms with E-state index in [-0.39, 0.29) is 12.2 Å². The number of phenolic OH excluding ortho intramolecular Hbond substituents is 1. The molecule has 0 radical (unpaired) electrons. The zero-order chi connectivity index (χ0) is 20.3. The number of fused-ring (bicyclic) bond motifs is 3. The van der Waals surface area contributed by atoms with Crippen LogP contribution in [-0.2, 0) is 11.2 Å². The summed E-state index contributed by atoms with van der Waals surface area (Å²) in [5, 5.41) is 17.8. The Hall–Kier alpha value is -3.48. The normalized spacial score (nSPS) is 12.2. The van der Waals surface area contributed by atoms with Gasteiger partial charge in [-0.1, -0.05) is 6.07 Å². The monoisotopic (exact) mass is 382 g/mol. The number of aryl methyl sites for hydroxylation is 1. The third kappa shape index (κ3) is 3.38. The summed E-state index contributed by atoms with van der Waals surface area (Å²) < 4.78 is 11.0. The first kappa shape index (κ1) is 19.3. The largest absolute Gasteiger partial charge is 0.508 e. The Morgan fingerprint density at radius 3 is 2.57 bits per heavy atom. The second-order valence-corrected chi connectivity index (χ2v) is 6.28. The Balaban J connectivity index is 0.000000706. The Labute approximate surface area is 162 Å². The molecule has 1 aliphatic rings. The van der Waals surface area contributed by atoms with E-state index in [0.29, 0.717) is 5.75 Å². The van der Waals surface area contributed by atoms with E-state index < -0.39 is 0 Å². The van der Waals surface area contributed by atoms with Gasteiger partial charge in [-0.25, -0.2) is 4.98 Å². The van der Waals surface area contributed by atoms with Gasteiger partial charge in [0.15, 0.2) is 0 Å². The van der Waals surface area contributed by atoms with Gasteiger partial charge < -0.3 is 24.6 Å². The number of carbonyl (C=O) groups is 1. The average Bonchev–Trinajstić information content (AvgIpc) is 3.14. The van der Waals surface area contributed by atoms with Crippen LogP contribution in [0.15, 0.2) is 36.4 Å². The van der Waals surface area contributed by atoms with Crippen LogP contribution in [0.4, 0.5) is 11.4 Å². The van der Waals surface area contributed by atoms with E-state index in [1.54, 1.807) is 26.4 Å². The van der Waals surface area contributed by atoms with Crippen molar-refractivity contribution in [1.29, 1.82) is 0 Å². The zero-order valence-electron chi connectivity index (χ0n) is 16.0. The highest BCUT2D eigenvalue weighted by atomic mass is 16.5. The van der Waals surface area contributed by atoms with E-state index in [9.17, 15) is 5.11 Å². The molecule has 1 aromatic heterocycles. The molecule has 0 saturated carbocycles. The summed E-state index contributed by atoms with van der Waals surface area (Å²) >= 11 is 0. The Kier molecular flexibility index (Phi) is 5.54. The molecule has 7 heteroatoms. The fourth-order valence-corrected chi connectivity index (χ4v) is 3.58. The van der Waals surface area contributed by atoms with Crippen LogP contribution in [0, 0.1) is 6.92 Å². The summed E-state index contributed by atoms with van der Waals surface area (Å²) in [6.07, 6.45) is 0.916. The number of ether oxygens (including phenoxy) is 2. The zero-order valence-corrected chi connectivity index (χ0v) is 16.0. The van der Waals surface area contributed by atoms with Crippen LogP contribution in [0.3, 0.4) is 0 Å². The number of aromatic nitrogens is 1. The van der Waals surface area contributed by atoms with Crippen LogP contribution >= 0.6 is 0 Å². The summed E-state index contributed by atoms with van der Waals surface area (Å²) in [5.41, 5.74) is 5.14. The van der Waals surface area contributed by atoms with E-state index >= 15 is 0 Å². The molecule has 1 aliphatic heterocycles. The number of phenols is 1. The number of rotatable bonds is 3. The molecule has 0 saturated heterocycles. The summed E-state index contributed by atoms with van der Waals surface area (Å²) in [7, 11) is 3.29. The highest BCUT2D eigenvalue weighted by Crippen LogP contribution is 2.44. The number of hydrogen-bond donors (Lipinski definition) is 2. The Morgan fingerprint density at radius 1 is 1.18 bits per heavy atom. The molecule has 7 nitrogen and oxygen atoms in total. The summed E-state index contributed by atoms with van der Waals surface area (Å²) in [6.45, 7) is 2.63. The molecule has 0 aliphatic carbocycles. The van der Waals surface area contributed by atoms with Gasteiger partial charge in [0.25, 0.3) is 6.47 Å². The minimum absolute atomic E-state index is 0.250.